The standard InChI is InChI=1S/C30H21N3.3C3H6.C2H6/c1-20-10-12-23(13-11-20)28-31-29(26-16-14-21-6-2-4-8-24(21)18-26)33-30(32-28)27-17-15-22-7-3-5-9-25(22)19-27;3*1-3-2;1-2/h2-19H,1H3;3*3H,1H2,2H3;1-2H3. The van der Waals surface area contributed by atoms with Crippen molar-refractivity contribution in [3.63, 3.8) is 0 Å². The van der Waals surface area contributed by atoms with Crippen LogP contribution in [0.5, 0.6) is 0 Å². The Kier molecular flexibility index (Phi) is 15.2. The molecule has 3 heteroatoms. The fourth-order valence-electron chi connectivity index (χ4n) is 4.12. The highest BCUT2D eigenvalue weighted by Gasteiger charge is 2.13. The van der Waals surface area contributed by atoms with Gasteiger partial charge in [0.05, 0.1) is 0 Å². The topological polar surface area (TPSA) is 38.7 Å². The first-order valence-electron chi connectivity index (χ1n) is 15.0. The fourth-order valence-corrected chi connectivity index (χ4v) is 4.12. The van der Waals surface area contributed by atoms with Crippen molar-refractivity contribution in [1.29, 1.82) is 0 Å². The van der Waals surface area contributed by atoms with Gasteiger partial charge in [0.15, 0.2) is 17.5 Å². The number of benzene rings is 5. The van der Waals surface area contributed by atoms with Crippen LogP contribution in [0.25, 0.3) is 55.7 Å². The summed E-state index contributed by atoms with van der Waals surface area (Å²) in [5.74, 6) is 2.03. The largest absolute Gasteiger partial charge is 0.208 e. The van der Waals surface area contributed by atoms with Crippen molar-refractivity contribution in [3.8, 4) is 34.2 Å². The zero-order valence-corrected chi connectivity index (χ0v) is 27.1. The minimum atomic E-state index is 0.675. The van der Waals surface area contributed by atoms with Gasteiger partial charge in [0.2, 0.25) is 0 Å². The van der Waals surface area contributed by atoms with Crippen molar-refractivity contribution in [2.24, 2.45) is 0 Å². The molecule has 1 heterocycles. The van der Waals surface area contributed by atoms with Gasteiger partial charge in [0.25, 0.3) is 0 Å². The Bertz CT molecular complexity index is 1650. The molecule has 0 amide bonds. The molecule has 0 saturated heterocycles. The Morgan fingerprint density at radius 1 is 0.432 bits per heavy atom. The lowest BCUT2D eigenvalue weighted by atomic mass is 10.1. The van der Waals surface area contributed by atoms with Gasteiger partial charge in [-0.1, -0.05) is 135 Å². The minimum absolute atomic E-state index is 0.675. The average molecular weight is 580 g/mol. The zero-order chi connectivity index (χ0) is 32.3. The van der Waals surface area contributed by atoms with E-state index < -0.39 is 0 Å². The van der Waals surface area contributed by atoms with Crippen LogP contribution in [0, 0.1) is 6.92 Å². The smallest absolute Gasteiger partial charge is 0.164 e. The molecule has 0 radical (unpaired) electrons. The second kappa shape index (κ2) is 19.1. The van der Waals surface area contributed by atoms with Crippen LogP contribution in [0.3, 0.4) is 0 Å². The van der Waals surface area contributed by atoms with Gasteiger partial charge in [-0.25, -0.2) is 15.0 Å². The first kappa shape index (κ1) is 35.0. The van der Waals surface area contributed by atoms with Gasteiger partial charge in [-0.3, -0.25) is 0 Å². The first-order valence-corrected chi connectivity index (χ1v) is 15.0. The number of fused-ring (bicyclic) bond motifs is 2. The molecule has 0 atom stereocenters. The van der Waals surface area contributed by atoms with E-state index in [1.807, 2.05) is 34.6 Å². The SMILES string of the molecule is C=CC.C=CC.C=CC.CC.Cc1ccc(-c2nc(-c3ccc4ccccc4c3)nc(-c3ccc4ccccc4c3)n2)cc1. The number of aromatic nitrogens is 3. The summed E-state index contributed by atoms with van der Waals surface area (Å²) >= 11 is 0. The van der Waals surface area contributed by atoms with E-state index in [-0.39, 0.29) is 0 Å². The van der Waals surface area contributed by atoms with E-state index in [1.165, 1.54) is 27.1 Å². The van der Waals surface area contributed by atoms with Crippen LogP contribution < -0.4 is 0 Å². The predicted molar refractivity (Wildman–Crippen MR) is 195 cm³/mol. The lowest BCUT2D eigenvalue weighted by Gasteiger charge is -2.10. The lowest BCUT2D eigenvalue weighted by molar-refractivity contribution is 1.07. The summed E-state index contributed by atoms with van der Waals surface area (Å²) in [5.41, 5.74) is 4.14. The summed E-state index contributed by atoms with van der Waals surface area (Å²) in [5, 5.41) is 4.73. The monoisotopic (exact) mass is 579 g/mol. The maximum atomic E-state index is 4.91. The van der Waals surface area contributed by atoms with E-state index in [0.717, 1.165) is 16.7 Å². The molecule has 0 spiro atoms. The molecule has 0 aliphatic heterocycles. The Labute approximate surface area is 264 Å². The predicted octanol–water partition coefficient (Wildman–Crippen LogP) is 12.1. The molecule has 3 nitrogen and oxygen atoms in total. The molecule has 0 N–H and O–H groups in total. The molecular weight excluding hydrogens is 534 g/mol. The molecule has 0 aliphatic rings. The summed E-state index contributed by atoms with van der Waals surface area (Å²) in [7, 11) is 0. The van der Waals surface area contributed by atoms with Crippen molar-refractivity contribution in [1.82, 2.24) is 15.0 Å². The quantitative estimate of drug-likeness (QED) is 0.196. The van der Waals surface area contributed by atoms with E-state index in [9.17, 15) is 0 Å². The third-order valence-corrected chi connectivity index (χ3v) is 5.96. The normalized spacial score (nSPS) is 9.41. The zero-order valence-electron chi connectivity index (χ0n) is 27.1. The van der Waals surface area contributed by atoms with Crippen LogP contribution in [0.4, 0.5) is 0 Å². The second-order valence-corrected chi connectivity index (χ2v) is 9.52. The third kappa shape index (κ3) is 9.99. The maximum Gasteiger partial charge on any atom is 0.164 e. The first-order chi connectivity index (χ1) is 21.5. The molecule has 224 valence electrons. The summed E-state index contributed by atoms with van der Waals surface area (Å²) < 4.78 is 0. The summed E-state index contributed by atoms with van der Waals surface area (Å²) in [4.78, 5) is 14.7. The van der Waals surface area contributed by atoms with Gasteiger partial charge in [0.1, 0.15) is 0 Å². The molecule has 0 fully saturated rings. The Hall–Kier alpha value is -5.15. The second-order valence-electron chi connectivity index (χ2n) is 9.52. The summed E-state index contributed by atoms with van der Waals surface area (Å²) in [6.45, 7) is 21.8. The van der Waals surface area contributed by atoms with Crippen LogP contribution >= 0.6 is 0 Å². The van der Waals surface area contributed by atoms with Crippen molar-refractivity contribution in [2.45, 2.75) is 41.5 Å². The number of rotatable bonds is 3. The van der Waals surface area contributed by atoms with Crippen molar-refractivity contribution >= 4 is 21.5 Å². The van der Waals surface area contributed by atoms with E-state index in [1.54, 1.807) is 18.2 Å². The van der Waals surface area contributed by atoms with Gasteiger partial charge in [-0.2, -0.15) is 0 Å². The molecular formula is C41H45N3. The molecule has 6 rings (SSSR count). The van der Waals surface area contributed by atoms with Crippen molar-refractivity contribution in [2.75, 3.05) is 0 Å². The minimum Gasteiger partial charge on any atom is -0.208 e. The molecule has 0 bridgehead atoms. The number of aryl methyl sites for hydroxylation is 1. The van der Waals surface area contributed by atoms with Crippen LogP contribution in [-0.2, 0) is 0 Å². The number of hydrogen-bond acceptors (Lipinski definition) is 3. The highest BCUT2D eigenvalue weighted by molar-refractivity contribution is 5.88. The van der Waals surface area contributed by atoms with Crippen LogP contribution in [-0.4, -0.2) is 15.0 Å². The van der Waals surface area contributed by atoms with E-state index >= 15 is 0 Å². The Morgan fingerprint density at radius 2 is 0.727 bits per heavy atom. The van der Waals surface area contributed by atoms with Crippen LogP contribution in [0.15, 0.2) is 147 Å². The summed E-state index contributed by atoms with van der Waals surface area (Å²) in [6, 6.07) is 37.7. The van der Waals surface area contributed by atoms with Crippen LogP contribution in [0.1, 0.15) is 40.2 Å². The van der Waals surface area contributed by atoms with Gasteiger partial charge in [-0.15, -0.1) is 19.7 Å². The van der Waals surface area contributed by atoms with Crippen molar-refractivity contribution < 1.29 is 0 Å². The van der Waals surface area contributed by atoms with Gasteiger partial charge >= 0.3 is 0 Å². The third-order valence-electron chi connectivity index (χ3n) is 5.96. The number of hydrogen-bond donors (Lipinski definition) is 0. The molecule has 5 aromatic carbocycles. The van der Waals surface area contributed by atoms with E-state index in [2.05, 4.69) is 136 Å². The molecule has 6 aromatic rings. The van der Waals surface area contributed by atoms with Crippen LogP contribution in [0.2, 0.25) is 0 Å². The Balaban J connectivity index is 0.000000544. The molecule has 44 heavy (non-hydrogen) atoms. The average Bonchev–Trinajstić information content (AvgIpc) is 3.06. The highest BCUT2D eigenvalue weighted by Crippen LogP contribution is 2.28. The molecule has 0 unspecified atom stereocenters. The lowest BCUT2D eigenvalue weighted by Crippen LogP contribution is -2.00. The fraction of sp³-hybridized carbons (Fsp3) is 0.146. The molecule has 0 saturated carbocycles. The summed E-state index contributed by atoms with van der Waals surface area (Å²) in [6.07, 6.45) is 5.25. The van der Waals surface area contributed by atoms with Gasteiger partial charge < -0.3 is 0 Å². The van der Waals surface area contributed by atoms with E-state index in [4.69, 9.17) is 15.0 Å². The van der Waals surface area contributed by atoms with E-state index in [0.29, 0.717) is 17.5 Å². The van der Waals surface area contributed by atoms with Gasteiger partial charge in [-0.05, 0) is 61.4 Å². The highest BCUT2D eigenvalue weighted by atomic mass is 15.0. The Morgan fingerprint density at radius 3 is 1.09 bits per heavy atom. The number of nitrogens with zero attached hydrogens (tertiary/aromatic N) is 3. The molecule has 1 aromatic heterocycles. The van der Waals surface area contributed by atoms with Crippen molar-refractivity contribution in [3.05, 3.63) is 153 Å². The number of allylic oxidation sites excluding steroid dienone is 3. The maximum absolute atomic E-state index is 4.91. The van der Waals surface area contributed by atoms with Gasteiger partial charge in [0, 0.05) is 16.7 Å². The molecule has 0 aliphatic carbocycles.